The second-order valence-corrected chi connectivity index (χ2v) is 3.80. The molecule has 0 saturated heterocycles. The highest BCUT2D eigenvalue weighted by molar-refractivity contribution is 5.90. The second kappa shape index (κ2) is 6.91. The number of carbonyl (C=O) groups is 1. The van der Waals surface area contributed by atoms with E-state index in [1.54, 1.807) is 12.1 Å². The van der Waals surface area contributed by atoms with Gasteiger partial charge in [0, 0.05) is 5.56 Å². The smallest absolute Gasteiger partial charge is 0.336 e. The lowest BCUT2D eigenvalue weighted by atomic mass is 10.1. The van der Waals surface area contributed by atoms with Crippen molar-refractivity contribution in [1.82, 2.24) is 0 Å². The van der Waals surface area contributed by atoms with Gasteiger partial charge in [-0.2, -0.15) is 0 Å². The van der Waals surface area contributed by atoms with E-state index in [2.05, 4.69) is 6.92 Å². The molecule has 17 heavy (non-hydrogen) atoms. The Morgan fingerprint density at radius 3 is 2.71 bits per heavy atom. The van der Waals surface area contributed by atoms with Gasteiger partial charge in [0.05, 0.1) is 18.8 Å². The summed E-state index contributed by atoms with van der Waals surface area (Å²) in [7, 11) is 0. The molecule has 0 aromatic heterocycles. The van der Waals surface area contributed by atoms with Gasteiger partial charge in [0.1, 0.15) is 5.75 Å². The second-order valence-electron chi connectivity index (χ2n) is 3.80. The van der Waals surface area contributed by atoms with Gasteiger partial charge < -0.3 is 14.9 Å². The van der Waals surface area contributed by atoms with Gasteiger partial charge in [-0.05, 0) is 18.6 Å². The van der Waals surface area contributed by atoms with E-state index in [1.165, 1.54) is 6.07 Å². The fourth-order valence-corrected chi connectivity index (χ4v) is 1.60. The molecule has 0 radical (unpaired) electrons. The highest BCUT2D eigenvalue weighted by Gasteiger charge is 2.13. The van der Waals surface area contributed by atoms with Crippen molar-refractivity contribution in [2.45, 2.75) is 32.8 Å². The molecule has 0 heterocycles. The highest BCUT2D eigenvalue weighted by atomic mass is 16.5. The average Bonchev–Trinajstić information content (AvgIpc) is 2.34. The number of aromatic carboxylic acids is 1. The van der Waals surface area contributed by atoms with E-state index in [0.717, 1.165) is 19.3 Å². The number of benzene rings is 1. The summed E-state index contributed by atoms with van der Waals surface area (Å²) in [5.74, 6) is -0.587. The van der Waals surface area contributed by atoms with Crippen LogP contribution < -0.4 is 4.74 Å². The van der Waals surface area contributed by atoms with Crippen LogP contribution in [0.1, 0.15) is 42.1 Å². The van der Waals surface area contributed by atoms with Crippen LogP contribution in [0.2, 0.25) is 0 Å². The lowest BCUT2D eigenvalue weighted by Gasteiger charge is -2.11. The van der Waals surface area contributed by atoms with Gasteiger partial charge in [-0.1, -0.05) is 25.8 Å². The van der Waals surface area contributed by atoms with Gasteiger partial charge in [0.25, 0.3) is 0 Å². The molecule has 0 aliphatic rings. The number of carboxylic acid groups (broad SMARTS) is 1. The molecule has 0 amide bonds. The Kier molecular flexibility index (Phi) is 5.49. The summed E-state index contributed by atoms with van der Waals surface area (Å²) in [5.41, 5.74) is 0.442. The summed E-state index contributed by atoms with van der Waals surface area (Å²) in [6, 6.07) is 4.77. The van der Waals surface area contributed by atoms with Crippen molar-refractivity contribution in [2.75, 3.05) is 6.61 Å². The standard InChI is InChI=1S/C13H18O4/c1-2-3-4-8-17-12-7-5-6-10(13(15)16)11(12)9-14/h5-7,14H,2-4,8-9H2,1H3,(H,15,16). The van der Waals surface area contributed by atoms with Gasteiger partial charge in [0.15, 0.2) is 0 Å². The highest BCUT2D eigenvalue weighted by Crippen LogP contribution is 2.23. The molecule has 94 valence electrons. The predicted octanol–water partition coefficient (Wildman–Crippen LogP) is 2.45. The molecular formula is C13H18O4. The quantitative estimate of drug-likeness (QED) is 0.716. The number of ether oxygens (including phenoxy) is 1. The third-order valence-corrected chi connectivity index (χ3v) is 2.53. The summed E-state index contributed by atoms with van der Waals surface area (Å²) >= 11 is 0. The first-order valence-electron chi connectivity index (χ1n) is 5.79. The predicted molar refractivity (Wildman–Crippen MR) is 64.3 cm³/mol. The van der Waals surface area contributed by atoms with Gasteiger partial charge >= 0.3 is 5.97 Å². The van der Waals surface area contributed by atoms with E-state index in [-0.39, 0.29) is 12.2 Å². The van der Waals surface area contributed by atoms with Gasteiger partial charge in [-0.3, -0.25) is 0 Å². The molecule has 1 rings (SSSR count). The van der Waals surface area contributed by atoms with Crippen LogP contribution in [0.3, 0.4) is 0 Å². The number of hydrogen-bond donors (Lipinski definition) is 2. The Balaban J connectivity index is 2.77. The van der Waals surface area contributed by atoms with Crippen molar-refractivity contribution in [2.24, 2.45) is 0 Å². The Labute approximate surface area is 101 Å². The number of aliphatic hydroxyl groups excluding tert-OH is 1. The van der Waals surface area contributed by atoms with Crippen LogP contribution in [0.4, 0.5) is 0 Å². The normalized spacial score (nSPS) is 10.2. The summed E-state index contributed by atoms with van der Waals surface area (Å²) < 4.78 is 5.50. The molecule has 4 nitrogen and oxygen atoms in total. The van der Waals surface area contributed by atoms with Crippen molar-refractivity contribution in [3.05, 3.63) is 29.3 Å². The van der Waals surface area contributed by atoms with Crippen molar-refractivity contribution < 1.29 is 19.7 Å². The zero-order valence-electron chi connectivity index (χ0n) is 9.98. The molecule has 0 aliphatic carbocycles. The molecule has 0 atom stereocenters. The molecule has 0 spiro atoms. The molecule has 0 saturated carbocycles. The number of carboxylic acids is 1. The zero-order chi connectivity index (χ0) is 12.7. The third kappa shape index (κ3) is 3.75. The van der Waals surface area contributed by atoms with E-state index in [9.17, 15) is 9.90 Å². The molecule has 1 aromatic carbocycles. The van der Waals surface area contributed by atoms with Crippen molar-refractivity contribution in [3.8, 4) is 5.75 Å². The summed E-state index contributed by atoms with van der Waals surface area (Å²) in [6.07, 6.45) is 3.11. The molecule has 0 fully saturated rings. The monoisotopic (exact) mass is 238 g/mol. The molecule has 0 bridgehead atoms. The number of unbranched alkanes of at least 4 members (excludes halogenated alkanes) is 2. The number of aliphatic hydroxyl groups is 1. The van der Waals surface area contributed by atoms with Crippen molar-refractivity contribution in [3.63, 3.8) is 0 Å². The Morgan fingerprint density at radius 2 is 2.12 bits per heavy atom. The molecule has 1 aromatic rings. The van der Waals surface area contributed by atoms with Crippen LogP contribution in [0.15, 0.2) is 18.2 Å². The topological polar surface area (TPSA) is 66.8 Å². The van der Waals surface area contributed by atoms with Crippen LogP contribution >= 0.6 is 0 Å². The van der Waals surface area contributed by atoms with E-state index < -0.39 is 5.97 Å². The van der Waals surface area contributed by atoms with Gasteiger partial charge in [-0.25, -0.2) is 4.79 Å². The van der Waals surface area contributed by atoms with Crippen LogP contribution in [-0.4, -0.2) is 22.8 Å². The summed E-state index contributed by atoms with van der Waals surface area (Å²) in [6.45, 7) is 2.32. The van der Waals surface area contributed by atoms with Gasteiger partial charge in [0.2, 0.25) is 0 Å². The van der Waals surface area contributed by atoms with Crippen LogP contribution in [-0.2, 0) is 6.61 Å². The molecule has 4 heteroatoms. The average molecular weight is 238 g/mol. The number of hydrogen-bond acceptors (Lipinski definition) is 3. The molecule has 2 N–H and O–H groups in total. The first-order valence-corrected chi connectivity index (χ1v) is 5.79. The minimum absolute atomic E-state index is 0.0977. The summed E-state index contributed by atoms with van der Waals surface area (Å²) in [4.78, 5) is 10.9. The summed E-state index contributed by atoms with van der Waals surface area (Å²) in [5, 5.41) is 18.2. The molecule has 0 aliphatic heterocycles. The zero-order valence-corrected chi connectivity index (χ0v) is 9.98. The SMILES string of the molecule is CCCCCOc1cccc(C(=O)O)c1CO. The van der Waals surface area contributed by atoms with E-state index in [0.29, 0.717) is 17.9 Å². The Bertz CT molecular complexity index is 374. The van der Waals surface area contributed by atoms with E-state index >= 15 is 0 Å². The largest absolute Gasteiger partial charge is 0.493 e. The fraction of sp³-hybridized carbons (Fsp3) is 0.462. The molecule has 0 unspecified atom stereocenters. The lowest BCUT2D eigenvalue weighted by Crippen LogP contribution is -2.06. The van der Waals surface area contributed by atoms with Gasteiger partial charge in [-0.15, -0.1) is 0 Å². The minimum atomic E-state index is -1.05. The van der Waals surface area contributed by atoms with Crippen molar-refractivity contribution in [1.29, 1.82) is 0 Å². The Hall–Kier alpha value is -1.55. The minimum Gasteiger partial charge on any atom is -0.493 e. The maximum absolute atomic E-state index is 10.9. The lowest BCUT2D eigenvalue weighted by molar-refractivity contribution is 0.0692. The maximum Gasteiger partial charge on any atom is 0.336 e. The first-order chi connectivity index (χ1) is 8.20. The van der Waals surface area contributed by atoms with E-state index in [1.807, 2.05) is 0 Å². The first kappa shape index (κ1) is 13.5. The van der Waals surface area contributed by atoms with Crippen LogP contribution in [0, 0.1) is 0 Å². The Morgan fingerprint density at radius 1 is 1.35 bits per heavy atom. The fourth-order valence-electron chi connectivity index (χ4n) is 1.60. The van der Waals surface area contributed by atoms with E-state index in [4.69, 9.17) is 9.84 Å². The number of rotatable bonds is 7. The van der Waals surface area contributed by atoms with Crippen molar-refractivity contribution >= 4 is 5.97 Å². The third-order valence-electron chi connectivity index (χ3n) is 2.53. The van der Waals surface area contributed by atoms with Crippen LogP contribution in [0.5, 0.6) is 5.75 Å². The molecular weight excluding hydrogens is 220 g/mol. The van der Waals surface area contributed by atoms with Crippen LogP contribution in [0.25, 0.3) is 0 Å². The maximum atomic E-state index is 10.9.